The number of aromatic nitrogens is 5. The molecular weight excluding hydrogens is 303 g/mol. The van der Waals surface area contributed by atoms with Crippen molar-refractivity contribution in [3.05, 3.63) is 44.2 Å². The number of nitrogen functional groups attached to an aromatic ring is 1. The molecule has 0 unspecified atom stereocenters. The molecule has 3 N–H and O–H groups in total. The average Bonchev–Trinajstić information content (AvgIpc) is 2.77. The molecule has 1 aromatic carbocycles. The van der Waals surface area contributed by atoms with Gasteiger partial charge in [-0.25, -0.2) is 4.68 Å². The van der Waals surface area contributed by atoms with Crippen molar-refractivity contribution in [3.63, 3.8) is 0 Å². The third-order valence-corrected chi connectivity index (χ3v) is 3.45. The van der Waals surface area contributed by atoms with Crippen LogP contribution in [0.5, 0.6) is 0 Å². The maximum absolute atomic E-state index is 11.6. The van der Waals surface area contributed by atoms with E-state index in [2.05, 4.69) is 20.3 Å². The molecule has 0 saturated heterocycles. The number of hydrogen-bond acceptors (Lipinski definition) is 5. The summed E-state index contributed by atoms with van der Waals surface area (Å²) in [6.07, 6.45) is 0. The number of hydrogen-bond donors (Lipinski definition) is 2. The van der Waals surface area contributed by atoms with Crippen LogP contribution in [0.1, 0.15) is 5.56 Å². The Morgan fingerprint density at radius 3 is 2.85 bits per heavy atom. The van der Waals surface area contributed by atoms with E-state index in [1.54, 1.807) is 18.2 Å². The van der Waals surface area contributed by atoms with Crippen LogP contribution in [0.15, 0.2) is 23.0 Å². The number of nitrogens with one attached hydrogen (secondary N) is 1. The van der Waals surface area contributed by atoms with E-state index >= 15 is 0 Å². The highest BCUT2D eigenvalue weighted by atomic mass is 35.5. The standard InChI is InChI=1S/C11H8Cl2N6O/c12-6-2-1-5(3-7(6)13)4-19-9-8(17-18-19)10(20)16-11(14)15-9/h1-3H,4H2,(H3,14,15,16,20). The number of aromatic amines is 1. The van der Waals surface area contributed by atoms with Crippen LogP contribution in [0.25, 0.3) is 11.2 Å². The van der Waals surface area contributed by atoms with Crippen molar-refractivity contribution in [1.29, 1.82) is 0 Å². The molecule has 0 bridgehead atoms. The van der Waals surface area contributed by atoms with Crippen LogP contribution in [0.4, 0.5) is 5.95 Å². The number of anilines is 1. The van der Waals surface area contributed by atoms with Crippen LogP contribution in [-0.2, 0) is 6.54 Å². The Morgan fingerprint density at radius 1 is 1.30 bits per heavy atom. The average molecular weight is 311 g/mol. The van der Waals surface area contributed by atoms with Gasteiger partial charge in [0, 0.05) is 0 Å². The molecule has 2 aromatic heterocycles. The monoisotopic (exact) mass is 310 g/mol. The van der Waals surface area contributed by atoms with Crippen LogP contribution in [0.2, 0.25) is 10.0 Å². The zero-order valence-corrected chi connectivity index (χ0v) is 11.5. The third-order valence-electron chi connectivity index (χ3n) is 2.71. The fraction of sp³-hybridized carbons (Fsp3) is 0.0909. The quantitative estimate of drug-likeness (QED) is 0.745. The summed E-state index contributed by atoms with van der Waals surface area (Å²) in [4.78, 5) is 18.0. The summed E-state index contributed by atoms with van der Waals surface area (Å²) in [5.74, 6) is 0.0141. The number of fused-ring (bicyclic) bond motifs is 1. The van der Waals surface area contributed by atoms with Crippen LogP contribution in [0, 0.1) is 0 Å². The molecule has 0 saturated carbocycles. The lowest BCUT2D eigenvalue weighted by Gasteiger charge is -2.04. The van der Waals surface area contributed by atoms with E-state index in [0.29, 0.717) is 22.2 Å². The second-order valence-electron chi connectivity index (χ2n) is 4.12. The van der Waals surface area contributed by atoms with E-state index in [1.165, 1.54) is 4.68 Å². The molecule has 2 heterocycles. The molecule has 0 aliphatic rings. The first-order valence-electron chi connectivity index (χ1n) is 5.57. The van der Waals surface area contributed by atoms with Crippen LogP contribution >= 0.6 is 23.2 Å². The first kappa shape index (κ1) is 12.9. The highest BCUT2D eigenvalue weighted by Crippen LogP contribution is 2.23. The Kier molecular flexibility index (Phi) is 3.07. The Hall–Kier alpha value is -2.12. The smallest absolute Gasteiger partial charge is 0.282 e. The minimum Gasteiger partial charge on any atom is -0.369 e. The number of nitrogens with two attached hydrogens (primary N) is 1. The molecule has 0 aliphatic heterocycles. The van der Waals surface area contributed by atoms with Gasteiger partial charge in [0.15, 0.2) is 11.2 Å². The first-order chi connectivity index (χ1) is 9.54. The second kappa shape index (κ2) is 4.77. The maximum atomic E-state index is 11.6. The lowest BCUT2D eigenvalue weighted by Crippen LogP contribution is -2.12. The lowest BCUT2D eigenvalue weighted by molar-refractivity contribution is 0.664. The van der Waals surface area contributed by atoms with E-state index in [-0.39, 0.29) is 11.5 Å². The van der Waals surface area contributed by atoms with E-state index in [4.69, 9.17) is 28.9 Å². The van der Waals surface area contributed by atoms with Gasteiger partial charge in [-0.1, -0.05) is 34.5 Å². The molecule has 3 aromatic rings. The van der Waals surface area contributed by atoms with Gasteiger partial charge in [-0.05, 0) is 17.7 Å². The van der Waals surface area contributed by atoms with Crippen molar-refractivity contribution < 1.29 is 0 Å². The van der Waals surface area contributed by atoms with Crippen molar-refractivity contribution >= 4 is 40.3 Å². The summed E-state index contributed by atoms with van der Waals surface area (Å²) in [5.41, 5.74) is 6.40. The summed E-state index contributed by atoms with van der Waals surface area (Å²) >= 11 is 11.8. The van der Waals surface area contributed by atoms with E-state index in [9.17, 15) is 4.79 Å². The van der Waals surface area contributed by atoms with Gasteiger partial charge in [-0.3, -0.25) is 9.78 Å². The minimum atomic E-state index is -0.423. The molecule has 0 spiro atoms. The van der Waals surface area contributed by atoms with Crippen molar-refractivity contribution in [2.45, 2.75) is 6.54 Å². The topological polar surface area (TPSA) is 102 Å². The fourth-order valence-corrected chi connectivity index (χ4v) is 2.12. The SMILES string of the molecule is Nc1nc2c(nnn2Cc2ccc(Cl)c(Cl)c2)c(=O)[nH]1. The Balaban J connectivity index is 2.06. The molecular formula is C11H8Cl2N6O. The summed E-state index contributed by atoms with van der Waals surface area (Å²) in [6, 6.07) is 5.21. The van der Waals surface area contributed by atoms with Gasteiger partial charge in [-0.2, -0.15) is 4.98 Å². The first-order valence-corrected chi connectivity index (χ1v) is 6.33. The summed E-state index contributed by atoms with van der Waals surface area (Å²) < 4.78 is 1.47. The van der Waals surface area contributed by atoms with Crippen molar-refractivity contribution in [1.82, 2.24) is 25.0 Å². The van der Waals surface area contributed by atoms with Crippen molar-refractivity contribution in [3.8, 4) is 0 Å². The van der Waals surface area contributed by atoms with Gasteiger partial charge in [-0.15, -0.1) is 5.10 Å². The van der Waals surface area contributed by atoms with E-state index in [1.807, 2.05) is 0 Å². The highest BCUT2D eigenvalue weighted by Gasteiger charge is 2.11. The van der Waals surface area contributed by atoms with Crippen molar-refractivity contribution in [2.75, 3.05) is 5.73 Å². The zero-order valence-electron chi connectivity index (χ0n) is 9.97. The fourth-order valence-electron chi connectivity index (χ4n) is 1.80. The normalized spacial score (nSPS) is 11.1. The molecule has 0 fully saturated rings. The third kappa shape index (κ3) is 2.21. The van der Waals surface area contributed by atoms with Gasteiger partial charge in [0.05, 0.1) is 16.6 Å². The van der Waals surface area contributed by atoms with Gasteiger partial charge < -0.3 is 5.73 Å². The predicted octanol–water partition coefficient (Wildman–Crippen LogP) is 1.45. The molecule has 20 heavy (non-hydrogen) atoms. The Morgan fingerprint density at radius 2 is 2.10 bits per heavy atom. The lowest BCUT2D eigenvalue weighted by atomic mass is 10.2. The number of rotatable bonds is 2. The highest BCUT2D eigenvalue weighted by molar-refractivity contribution is 6.42. The number of benzene rings is 1. The minimum absolute atomic E-state index is 0.0141. The molecule has 9 heteroatoms. The Labute approximate surface area is 122 Å². The van der Waals surface area contributed by atoms with Crippen molar-refractivity contribution in [2.24, 2.45) is 0 Å². The van der Waals surface area contributed by atoms with Gasteiger partial charge in [0.1, 0.15) is 0 Å². The van der Waals surface area contributed by atoms with Gasteiger partial charge >= 0.3 is 0 Å². The number of nitrogens with zero attached hydrogens (tertiary/aromatic N) is 4. The molecule has 102 valence electrons. The van der Waals surface area contributed by atoms with E-state index < -0.39 is 5.56 Å². The number of halogens is 2. The van der Waals surface area contributed by atoms with E-state index in [0.717, 1.165) is 5.56 Å². The summed E-state index contributed by atoms with van der Waals surface area (Å²) in [5, 5.41) is 8.60. The zero-order chi connectivity index (χ0) is 14.3. The number of H-pyrrole nitrogens is 1. The van der Waals surface area contributed by atoms with Crippen LogP contribution < -0.4 is 11.3 Å². The Bertz CT molecular complexity index is 856. The second-order valence-corrected chi connectivity index (χ2v) is 4.93. The maximum Gasteiger partial charge on any atom is 0.282 e. The molecule has 7 nitrogen and oxygen atoms in total. The van der Waals surface area contributed by atoms with Crippen LogP contribution in [-0.4, -0.2) is 25.0 Å². The predicted molar refractivity (Wildman–Crippen MR) is 75.9 cm³/mol. The molecule has 0 atom stereocenters. The molecule has 0 aliphatic carbocycles. The van der Waals surface area contributed by atoms with Gasteiger partial charge in [0.25, 0.3) is 5.56 Å². The molecule has 0 amide bonds. The summed E-state index contributed by atoms with van der Waals surface area (Å²) in [6.45, 7) is 0.350. The molecule has 0 radical (unpaired) electrons. The largest absolute Gasteiger partial charge is 0.369 e. The molecule has 3 rings (SSSR count). The van der Waals surface area contributed by atoms with Gasteiger partial charge in [0.2, 0.25) is 5.95 Å². The summed E-state index contributed by atoms with van der Waals surface area (Å²) in [7, 11) is 0. The van der Waals surface area contributed by atoms with Crippen LogP contribution in [0.3, 0.4) is 0 Å².